The summed E-state index contributed by atoms with van der Waals surface area (Å²) in [4.78, 5) is 36.1. The van der Waals surface area contributed by atoms with E-state index < -0.39 is 19.6 Å². The summed E-state index contributed by atoms with van der Waals surface area (Å²) in [6.07, 6.45) is 5.13. The van der Waals surface area contributed by atoms with Crippen LogP contribution in [-0.2, 0) is 23.3 Å². The minimum atomic E-state index is -1.67. The topological polar surface area (TPSA) is 108 Å². The van der Waals surface area contributed by atoms with Gasteiger partial charge in [0.15, 0.2) is 8.32 Å². The number of amides is 1. The first-order valence-electron chi connectivity index (χ1n) is 10.3. The van der Waals surface area contributed by atoms with Crippen LogP contribution in [0.5, 0.6) is 0 Å². The second-order valence-corrected chi connectivity index (χ2v) is 14.0. The molecule has 0 saturated heterocycles. The van der Waals surface area contributed by atoms with Crippen molar-refractivity contribution < 1.29 is 9.22 Å². The van der Waals surface area contributed by atoms with Crippen LogP contribution in [-0.4, -0.2) is 30.0 Å². The molecule has 0 aliphatic carbocycles. The van der Waals surface area contributed by atoms with Gasteiger partial charge in [0.05, 0.1) is 0 Å². The molecule has 0 fully saturated rings. The van der Waals surface area contributed by atoms with Crippen LogP contribution in [0.4, 0.5) is 11.5 Å². The van der Waals surface area contributed by atoms with Gasteiger partial charge in [-0.3, -0.25) is 18.7 Å². The van der Waals surface area contributed by atoms with Gasteiger partial charge in [-0.2, -0.15) is 0 Å². The second kappa shape index (κ2) is 10.2. The van der Waals surface area contributed by atoms with Crippen molar-refractivity contribution in [2.45, 2.75) is 77.4 Å². The summed E-state index contributed by atoms with van der Waals surface area (Å²) in [5, 5.41) is 2.79. The Morgan fingerprint density at radius 1 is 1.03 bits per heavy atom. The van der Waals surface area contributed by atoms with E-state index in [9.17, 15) is 14.4 Å². The summed E-state index contributed by atoms with van der Waals surface area (Å²) >= 11 is 0. The fourth-order valence-electron chi connectivity index (χ4n) is 2.64. The van der Waals surface area contributed by atoms with Crippen LogP contribution in [0.25, 0.3) is 0 Å². The maximum absolute atomic E-state index is 12.2. The van der Waals surface area contributed by atoms with Crippen molar-refractivity contribution in [2.24, 2.45) is 14.1 Å². The number of anilines is 2. The standard InChI is InChI=1S/C20H38N4O4Si/c1-20(2,3)29(6,7)28-14-12-10-8-9-11-13-15(25)22-16-17(21)23(4)19(27)24(5)18(16)26/h8-14,21H2,1-7H3,(H,22,25). The zero-order valence-electron chi connectivity index (χ0n) is 19.1. The molecule has 166 valence electrons. The molecule has 1 aromatic heterocycles. The molecular weight excluding hydrogens is 388 g/mol. The average molecular weight is 427 g/mol. The summed E-state index contributed by atoms with van der Waals surface area (Å²) in [5.74, 6) is -0.304. The fraction of sp³-hybridized carbons (Fsp3) is 0.750. The first-order chi connectivity index (χ1) is 13.3. The van der Waals surface area contributed by atoms with Crippen LogP contribution in [0.1, 0.15) is 59.3 Å². The Hall–Kier alpha value is -1.87. The van der Waals surface area contributed by atoms with Crippen molar-refractivity contribution in [2.75, 3.05) is 17.7 Å². The lowest BCUT2D eigenvalue weighted by atomic mass is 10.1. The van der Waals surface area contributed by atoms with E-state index in [1.807, 2.05) is 0 Å². The molecule has 3 N–H and O–H groups in total. The summed E-state index contributed by atoms with van der Waals surface area (Å²) in [6, 6.07) is 0. The van der Waals surface area contributed by atoms with Gasteiger partial charge < -0.3 is 15.5 Å². The number of nitrogens with one attached hydrogen (secondary N) is 1. The van der Waals surface area contributed by atoms with E-state index in [-0.39, 0.29) is 22.5 Å². The summed E-state index contributed by atoms with van der Waals surface area (Å²) in [6.45, 7) is 12.0. The first-order valence-corrected chi connectivity index (χ1v) is 13.2. The lowest BCUT2D eigenvalue weighted by molar-refractivity contribution is -0.116. The molecule has 29 heavy (non-hydrogen) atoms. The molecular formula is C20H38N4O4Si. The molecule has 0 bridgehead atoms. The van der Waals surface area contributed by atoms with E-state index in [1.54, 1.807) is 0 Å². The largest absolute Gasteiger partial charge is 0.417 e. The normalized spacial score (nSPS) is 12.2. The SMILES string of the molecule is Cn1c(N)c(NC(=O)CCCCCCCO[Si](C)(C)C(C)(C)C)c(=O)n(C)c1=O. The maximum atomic E-state index is 12.2. The first kappa shape index (κ1) is 25.2. The second-order valence-electron chi connectivity index (χ2n) is 9.14. The third kappa shape index (κ3) is 6.85. The molecule has 1 amide bonds. The van der Waals surface area contributed by atoms with Gasteiger partial charge in [-0.15, -0.1) is 0 Å². The van der Waals surface area contributed by atoms with Crippen molar-refractivity contribution >= 4 is 25.7 Å². The molecule has 1 aromatic rings. The quantitative estimate of drug-likeness (QED) is 0.442. The molecule has 1 heterocycles. The van der Waals surface area contributed by atoms with Crippen molar-refractivity contribution in [1.82, 2.24) is 9.13 Å². The predicted octanol–water partition coefficient (Wildman–Crippen LogP) is 2.97. The Balaban J connectivity index is 2.33. The van der Waals surface area contributed by atoms with E-state index in [4.69, 9.17) is 10.2 Å². The number of unbranched alkanes of at least 4 members (excludes halogenated alkanes) is 4. The number of nitrogen functional groups attached to an aromatic ring is 1. The smallest absolute Gasteiger partial charge is 0.332 e. The van der Waals surface area contributed by atoms with E-state index in [1.165, 1.54) is 14.1 Å². The van der Waals surface area contributed by atoms with Gasteiger partial charge in [0.2, 0.25) is 5.91 Å². The summed E-state index contributed by atoms with van der Waals surface area (Å²) in [5.41, 5.74) is 4.65. The number of hydrogen-bond donors (Lipinski definition) is 2. The van der Waals surface area contributed by atoms with Crippen LogP contribution < -0.4 is 22.3 Å². The predicted molar refractivity (Wildman–Crippen MR) is 121 cm³/mol. The molecule has 1 rings (SSSR count). The van der Waals surface area contributed by atoms with E-state index in [0.717, 1.165) is 47.8 Å². The lowest BCUT2D eigenvalue weighted by Crippen LogP contribution is -2.40. The van der Waals surface area contributed by atoms with Gasteiger partial charge in [-0.25, -0.2) is 4.79 Å². The zero-order valence-corrected chi connectivity index (χ0v) is 20.1. The van der Waals surface area contributed by atoms with Crippen molar-refractivity contribution in [3.05, 3.63) is 20.8 Å². The Bertz CT molecular complexity index is 821. The third-order valence-corrected chi connectivity index (χ3v) is 10.3. The molecule has 0 aliphatic heterocycles. The minimum absolute atomic E-state index is 0.0341. The Morgan fingerprint density at radius 2 is 1.59 bits per heavy atom. The van der Waals surface area contributed by atoms with Crippen molar-refractivity contribution in [3.8, 4) is 0 Å². The lowest BCUT2D eigenvalue weighted by Gasteiger charge is -2.36. The molecule has 0 aromatic carbocycles. The van der Waals surface area contributed by atoms with Crippen LogP contribution in [0.3, 0.4) is 0 Å². The van der Waals surface area contributed by atoms with E-state index >= 15 is 0 Å². The van der Waals surface area contributed by atoms with Gasteiger partial charge in [0, 0.05) is 27.1 Å². The zero-order chi connectivity index (χ0) is 22.4. The summed E-state index contributed by atoms with van der Waals surface area (Å²) < 4.78 is 8.23. The molecule has 0 aliphatic rings. The van der Waals surface area contributed by atoms with Crippen LogP contribution in [0.15, 0.2) is 9.59 Å². The monoisotopic (exact) mass is 426 g/mol. The highest BCUT2D eigenvalue weighted by molar-refractivity contribution is 6.74. The Morgan fingerprint density at radius 3 is 2.17 bits per heavy atom. The van der Waals surface area contributed by atoms with Crippen LogP contribution in [0.2, 0.25) is 18.1 Å². The van der Waals surface area contributed by atoms with Gasteiger partial charge in [-0.05, 0) is 31.0 Å². The molecule has 0 saturated carbocycles. The van der Waals surface area contributed by atoms with Gasteiger partial charge in [-0.1, -0.05) is 40.0 Å². The van der Waals surface area contributed by atoms with E-state index in [0.29, 0.717) is 6.42 Å². The Labute approximate surface area is 174 Å². The van der Waals surface area contributed by atoms with Crippen molar-refractivity contribution in [3.63, 3.8) is 0 Å². The Kier molecular flexibility index (Phi) is 8.89. The highest BCUT2D eigenvalue weighted by atomic mass is 28.4. The molecule has 0 unspecified atom stereocenters. The third-order valence-electron chi connectivity index (χ3n) is 5.79. The molecule has 9 heteroatoms. The van der Waals surface area contributed by atoms with Gasteiger partial charge >= 0.3 is 5.69 Å². The number of carbonyl (C=O) groups excluding carboxylic acids is 1. The number of rotatable bonds is 10. The van der Waals surface area contributed by atoms with E-state index in [2.05, 4.69) is 39.2 Å². The van der Waals surface area contributed by atoms with Gasteiger partial charge in [0.1, 0.15) is 11.5 Å². The number of nitrogens with zero attached hydrogens (tertiary/aromatic N) is 2. The summed E-state index contributed by atoms with van der Waals surface area (Å²) in [7, 11) is 1.15. The number of carbonyl (C=O) groups is 1. The maximum Gasteiger partial charge on any atom is 0.332 e. The van der Waals surface area contributed by atoms with Crippen molar-refractivity contribution in [1.29, 1.82) is 0 Å². The number of hydrogen-bond acceptors (Lipinski definition) is 5. The number of nitrogens with two attached hydrogens (primary N) is 1. The molecule has 0 spiro atoms. The highest BCUT2D eigenvalue weighted by Gasteiger charge is 2.36. The van der Waals surface area contributed by atoms with Crippen LogP contribution in [0, 0.1) is 0 Å². The van der Waals surface area contributed by atoms with Crippen LogP contribution >= 0.6 is 0 Å². The molecule has 0 radical (unpaired) electrons. The van der Waals surface area contributed by atoms with Gasteiger partial charge in [0.25, 0.3) is 5.56 Å². The number of aromatic nitrogens is 2. The fourth-order valence-corrected chi connectivity index (χ4v) is 3.73. The molecule has 8 nitrogen and oxygen atoms in total. The molecule has 0 atom stereocenters. The average Bonchev–Trinajstić information content (AvgIpc) is 2.63. The highest BCUT2D eigenvalue weighted by Crippen LogP contribution is 2.36. The minimum Gasteiger partial charge on any atom is -0.417 e.